The molecule has 1 amide bonds. The molecule has 0 radical (unpaired) electrons. The van der Waals surface area contributed by atoms with Crippen molar-refractivity contribution in [1.82, 2.24) is 10.6 Å². The van der Waals surface area contributed by atoms with Gasteiger partial charge in [0.2, 0.25) is 0 Å². The average molecular weight is 260 g/mol. The summed E-state index contributed by atoms with van der Waals surface area (Å²) in [5.74, 6) is 0.938. The van der Waals surface area contributed by atoms with Crippen LogP contribution in [0.25, 0.3) is 0 Å². The van der Waals surface area contributed by atoms with Crippen molar-refractivity contribution in [3.05, 3.63) is 35.4 Å². The van der Waals surface area contributed by atoms with Gasteiger partial charge in [-0.25, -0.2) is 0 Å². The van der Waals surface area contributed by atoms with Gasteiger partial charge < -0.3 is 10.6 Å². The summed E-state index contributed by atoms with van der Waals surface area (Å²) < 4.78 is 0. The Bertz CT molecular complexity index is 409. The fraction of sp³-hybridized carbons (Fsp3) is 0.562. The Morgan fingerprint density at radius 3 is 2.53 bits per heavy atom. The SMILES string of the molecule is CCC(CC1CC1)NCc1ccc(C(=O)NC)cc1. The number of benzene rings is 1. The Balaban J connectivity index is 1.82. The standard InChI is InChI=1S/C16H24N2O/c1-3-15(10-12-4-5-12)18-11-13-6-8-14(9-7-13)16(19)17-2/h6-9,12,15,18H,3-5,10-11H2,1-2H3,(H,17,19). The predicted molar refractivity (Wildman–Crippen MR) is 78.1 cm³/mol. The fourth-order valence-corrected chi connectivity index (χ4v) is 2.33. The van der Waals surface area contributed by atoms with Gasteiger partial charge in [-0.2, -0.15) is 0 Å². The summed E-state index contributed by atoms with van der Waals surface area (Å²) in [6.07, 6.45) is 5.33. The Kier molecular flexibility index (Phi) is 4.97. The molecule has 1 fully saturated rings. The van der Waals surface area contributed by atoms with Crippen LogP contribution in [-0.2, 0) is 6.54 Å². The highest BCUT2D eigenvalue weighted by molar-refractivity contribution is 5.93. The molecule has 1 aliphatic rings. The summed E-state index contributed by atoms with van der Waals surface area (Å²) in [5.41, 5.74) is 1.96. The monoisotopic (exact) mass is 260 g/mol. The molecule has 0 spiro atoms. The van der Waals surface area contributed by atoms with Crippen molar-refractivity contribution >= 4 is 5.91 Å². The topological polar surface area (TPSA) is 41.1 Å². The number of carbonyl (C=O) groups is 1. The first kappa shape index (κ1) is 14.1. The van der Waals surface area contributed by atoms with E-state index in [2.05, 4.69) is 17.6 Å². The van der Waals surface area contributed by atoms with Crippen LogP contribution in [0.15, 0.2) is 24.3 Å². The number of rotatable bonds is 7. The lowest BCUT2D eigenvalue weighted by Crippen LogP contribution is -2.28. The van der Waals surface area contributed by atoms with E-state index in [9.17, 15) is 4.79 Å². The van der Waals surface area contributed by atoms with E-state index < -0.39 is 0 Å². The van der Waals surface area contributed by atoms with Gasteiger partial charge in [-0.05, 0) is 36.5 Å². The van der Waals surface area contributed by atoms with E-state index in [1.54, 1.807) is 7.05 Å². The van der Waals surface area contributed by atoms with Gasteiger partial charge in [0, 0.05) is 25.2 Å². The molecule has 0 aliphatic heterocycles. The maximum absolute atomic E-state index is 11.4. The van der Waals surface area contributed by atoms with Crippen LogP contribution in [0.1, 0.15) is 48.5 Å². The van der Waals surface area contributed by atoms with Crippen molar-refractivity contribution < 1.29 is 4.79 Å². The minimum Gasteiger partial charge on any atom is -0.355 e. The summed E-state index contributed by atoms with van der Waals surface area (Å²) in [6, 6.07) is 8.46. The Morgan fingerprint density at radius 2 is 2.00 bits per heavy atom. The molecule has 0 aromatic heterocycles. The lowest BCUT2D eigenvalue weighted by molar-refractivity contribution is 0.0963. The maximum atomic E-state index is 11.4. The Morgan fingerprint density at radius 1 is 1.32 bits per heavy atom. The number of hydrogen-bond acceptors (Lipinski definition) is 2. The molecule has 1 saturated carbocycles. The van der Waals surface area contributed by atoms with Crippen LogP contribution >= 0.6 is 0 Å². The molecule has 1 aliphatic carbocycles. The molecular weight excluding hydrogens is 236 g/mol. The van der Waals surface area contributed by atoms with Crippen LogP contribution in [0.2, 0.25) is 0 Å². The summed E-state index contributed by atoms with van der Waals surface area (Å²) in [6.45, 7) is 3.13. The van der Waals surface area contributed by atoms with Crippen molar-refractivity contribution in [1.29, 1.82) is 0 Å². The van der Waals surface area contributed by atoms with E-state index in [4.69, 9.17) is 0 Å². The molecule has 104 valence electrons. The molecule has 2 N–H and O–H groups in total. The van der Waals surface area contributed by atoms with Gasteiger partial charge >= 0.3 is 0 Å². The lowest BCUT2D eigenvalue weighted by atomic mass is 10.1. The lowest BCUT2D eigenvalue weighted by Gasteiger charge is -2.16. The zero-order chi connectivity index (χ0) is 13.7. The summed E-state index contributed by atoms with van der Waals surface area (Å²) in [4.78, 5) is 11.4. The van der Waals surface area contributed by atoms with Crippen molar-refractivity contribution in [2.75, 3.05) is 7.05 Å². The Labute approximate surface area is 115 Å². The molecule has 1 aromatic rings. The molecule has 1 unspecified atom stereocenters. The molecule has 3 nitrogen and oxygen atoms in total. The zero-order valence-corrected chi connectivity index (χ0v) is 11.9. The summed E-state index contributed by atoms with van der Waals surface area (Å²) in [7, 11) is 1.65. The second kappa shape index (κ2) is 6.71. The quantitative estimate of drug-likeness (QED) is 0.791. The van der Waals surface area contributed by atoms with Gasteiger partial charge in [0.25, 0.3) is 5.91 Å². The number of hydrogen-bond donors (Lipinski definition) is 2. The maximum Gasteiger partial charge on any atom is 0.251 e. The van der Waals surface area contributed by atoms with E-state index in [1.165, 1.54) is 31.2 Å². The van der Waals surface area contributed by atoms with Crippen molar-refractivity contribution in [3.63, 3.8) is 0 Å². The molecule has 19 heavy (non-hydrogen) atoms. The fourth-order valence-electron chi connectivity index (χ4n) is 2.33. The van der Waals surface area contributed by atoms with E-state index in [0.29, 0.717) is 6.04 Å². The molecule has 3 heteroatoms. The second-order valence-corrected chi connectivity index (χ2v) is 5.44. The van der Waals surface area contributed by atoms with Crippen LogP contribution in [0.4, 0.5) is 0 Å². The number of nitrogens with one attached hydrogen (secondary N) is 2. The molecule has 2 rings (SSSR count). The van der Waals surface area contributed by atoms with Gasteiger partial charge in [0.1, 0.15) is 0 Å². The molecule has 0 bridgehead atoms. The summed E-state index contributed by atoms with van der Waals surface area (Å²) in [5, 5.41) is 6.25. The number of amides is 1. The molecule has 0 saturated heterocycles. The first-order chi connectivity index (χ1) is 9.22. The van der Waals surface area contributed by atoms with E-state index in [0.717, 1.165) is 18.0 Å². The first-order valence-corrected chi connectivity index (χ1v) is 7.27. The molecule has 0 heterocycles. The largest absolute Gasteiger partial charge is 0.355 e. The molecular formula is C16H24N2O. The molecule has 1 aromatic carbocycles. The third kappa shape index (κ3) is 4.35. The van der Waals surface area contributed by atoms with E-state index in [-0.39, 0.29) is 5.91 Å². The normalized spacial score (nSPS) is 16.1. The van der Waals surface area contributed by atoms with Crippen molar-refractivity contribution in [2.45, 2.75) is 45.2 Å². The highest BCUT2D eigenvalue weighted by atomic mass is 16.1. The van der Waals surface area contributed by atoms with Gasteiger partial charge in [0.05, 0.1) is 0 Å². The van der Waals surface area contributed by atoms with Crippen LogP contribution < -0.4 is 10.6 Å². The third-order valence-corrected chi connectivity index (χ3v) is 3.85. The van der Waals surface area contributed by atoms with E-state index >= 15 is 0 Å². The summed E-state index contributed by atoms with van der Waals surface area (Å²) >= 11 is 0. The van der Waals surface area contributed by atoms with Crippen LogP contribution in [-0.4, -0.2) is 19.0 Å². The Hall–Kier alpha value is -1.35. The highest BCUT2D eigenvalue weighted by Crippen LogP contribution is 2.34. The average Bonchev–Trinajstić information content (AvgIpc) is 3.27. The van der Waals surface area contributed by atoms with Gasteiger partial charge in [-0.1, -0.05) is 31.9 Å². The highest BCUT2D eigenvalue weighted by Gasteiger charge is 2.24. The van der Waals surface area contributed by atoms with Gasteiger partial charge in [0.15, 0.2) is 0 Å². The van der Waals surface area contributed by atoms with Crippen molar-refractivity contribution in [2.24, 2.45) is 5.92 Å². The third-order valence-electron chi connectivity index (χ3n) is 3.85. The predicted octanol–water partition coefficient (Wildman–Crippen LogP) is 2.71. The van der Waals surface area contributed by atoms with E-state index in [1.807, 2.05) is 24.3 Å². The minimum atomic E-state index is -0.0281. The number of carbonyl (C=O) groups excluding carboxylic acids is 1. The second-order valence-electron chi connectivity index (χ2n) is 5.44. The van der Waals surface area contributed by atoms with Crippen molar-refractivity contribution in [3.8, 4) is 0 Å². The van der Waals surface area contributed by atoms with Gasteiger partial charge in [-0.3, -0.25) is 4.79 Å². The zero-order valence-electron chi connectivity index (χ0n) is 11.9. The molecule has 1 atom stereocenters. The minimum absolute atomic E-state index is 0.0281. The smallest absolute Gasteiger partial charge is 0.251 e. The van der Waals surface area contributed by atoms with Gasteiger partial charge in [-0.15, -0.1) is 0 Å². The van der Waals surface area contributed by atoms with Crippen LogP contribution in [0.5, 0.6) is 0 Å². The first-order valence-electron chi connectivity index (χ1n) is 7.27. The van der Waals surface area contributed by atoms with Crippen LogP contribution in [0.3, 0.4) is 0 Å². The van der Waals surface area contributed by atoms with Crippen LogP contribution in [0, 0.1) is 5.92 Å².